The number of hydrogen-bond acceptors (Lipinski definition) is 3. The summed E-state index contributed by atoms with van der Waals surface area (Å²) in [7, 11) is 1.41. The first-order chi connectivity index (χ1) is 12.1. The smallest absolute Gasteiger partial charge is 0.253 e. The van der Waals surface area contributed by atoms with Gasteiger partial charge < -0.3 is 10.1 Å². The lowest BCUT2D eigenvalue weighted by Crippen LogP contribution is -2.27. The number of methoxy groups -OCH3 is 1. The van der Waals surface area contributed by atoms with Crippen molar-refractivity contribution in [1.82, 2.24) is 15.1 Å². The number of benzene rings is 2. The van der Waals surface area contributed by atoms with Crippen LogP contribution in [-0.4, -0.2) is 22.8 Å². The van der Waals surface area contributed by atoms with Crippen LogP contribution >= 0.6 is 0 Å². The summed E-state index contributed by atoms with van der Waals surface area (Å²) in [5.74, 6) is -0.542. The fourth-order valence-corrected chi connectivity index (χ4v) is 2.59. The molecule has 2 aromatic carbocycles. The van der Waals surface area contributed by atoms with Crippen LogP contribution in [0.2, 0.25) is 0 Å². The van der Waals surface area contributed by atoms with E-state index in [4.69, 9.17) is 4.74 Å². The van der Waals surface area contributed by atoms with E-state index in [9.17, 15) is 9.18 Å². The maximum atomic E-state index is 13.9. The second-order valence-corrected chi connectivity index (χ2v) is 5.56. The van der Waals surface area contributed by atoms with Gasteiger partial charge in [0, 0.05) is 12.4 Å². The summed E-state index contributed by atoms with van der Waals surface area (Å²) in [5, 5.41) is 7.06. The van der Waals surface area contributed by atoms with E-state index >= 15 is 0 Å². The van der Waals surface area contributed by atoms with Gasteiger partial charge in [-0.3, -0.25) is 4.79 Å². The van der Waals surface area contributed by atoms with Crippen molar-refractivity contribution in [3.63, 3.8) is 0 Å². The van der Waals surface area contributed by atoms with Crippen LogP contribution < -0.4 is 10.1 Å². The Morgan fingerprint density at radius 2 is 2.04 bits per heavy atom. The second kappa shape index (κ2) is 7.17. The zero-order valence-electron chi connectivity index (χ0n) is 13.9. The molecule has 3 rings (SSSR count). The Morgan fingerprint density at radius 1 is 1.24 bits per heavy atom. The van der Waals surface area contributed by atoms with Crippen LogP contribution in [0.25, 0.3) is 5.69 Å². The van der Waals surface area contributed by atoms with E-state index in [-0.39, 0.29) is 17.7 Å². The zero-order valence-corrected chi connectivity index (χ0v) is 13.9. The molecule has 0 radical (unpaired) electrons. The van der Waals surface area contributed by atoms with Crippen molar-refractivity contribution in [2.75, 3.05) is 7.11 Å². The molecule has 6 heteroatoms. The van der Waals surface area contributed by atoms with E-state index < -0.39 is 5.82 Å². The Labute approximate surface area is 145 Å². The highest BCUT2D eigenvalue weighted by molar-refractivity contribution is 5.97. The molecular weight excluding hydrogens is 321 g/mol. The summed E-state index contributed by atoms with van der Waals surface area (Å²) >= 11 is 0. The van der Waals surface area contributed by atoms with Crippen LogP contribution in [0.5, 0.6) is 5.75 Å². The van der Waals surface area contributed by atoms with Gasteiger partial charge in [-0.15, -0.1) is 0 Å². The van der Waals surface area contributed by atoms with Gasteiger partial charge in [-0.25, -0.2) is 9.07 Å². The number of rotatable bonds is 5. The highest BCUT2D eigenvalue weighted by Crippen LogP contribution is 2.22. The third-order valence-electron chi connectivity index (χ3n) is 3.92. The molecule has 0 aliphatic heterocycles. The minimum absolute atomic E-state index is 0.173. The summed E-state index contributed by atoms with van der Waals surface area (Å²) in [5.41, 5.74) is 1.83. The summed E-state index contributed by atoms with van der Waals surface area (Å²) in [6, 6.07) is 13.2. The maximum absolute atomic E-state index is 13.9. The number of aromatic nitrogens is 2. The molecule has 0 aliphatic carbocycles. The van der Waals surface area contributed by atoms with Crippen molar-refractivity contribution in [2.45, 2.75) is 13.0 Å². The van der Waals surface area contributed by atoms with Crippen LogP contribution in [0.1, 0.15) is 28.9 Å². The van der Waals surface area contributed by atoms with Crippen LogP contribution in [0, 0.1) is 5.82 Å². The largest absolute Gasteiger partial charge is 0.494 e. The second-order valence-electron chi connectivity index (χ2n) is 5.56. The number of carbonyl (C=O) groups excluding carboxylic acids is 1. The van der Waals surface area contributed by atoms with Crippen LogP contribution in [-0.2, 0) is 0 Å². The van der Waals surface area contributed by atoms with Gasteiger partial charge in [-0.2, -0.15) is 5.10 Å². The summed E-state index contributed by atoms with van der Waals surface area (Å²) in [6.45, 7) is 1.80. The lowest BCUT2D eigenvalue weighted by molar-refractivity contribution is 0.0939. The van der Waals surface area contributed by atoms with Crippen molar-refractivity contribution in [3.8, 4) is 11.4 Å². The highest BCUT2D eigenvalue weighted by atomic mass is 19.1. The maximum Gasteiger partial charge on any atom is 0.253 e. The molecule has 0 spiro atoms. The number of hydrogen-bond donors (Lipinski definition) is 1. The zero-order chi connectivity index (χ0) is 17.8. The molecule has 128 valence electrons. The molecule has 1 unspecified atom stereocenters. The standard InChI is InChI=1S/C19H18FN3O2/c1-13(14-8-9-18(25-2)16(20)12-14)22-19(24)15-6-3-4-7-17(15)23-11-5-10-21-23/h3-13H,1-2H3,(H,22,24). The Hall–Kier alpha value is -3.15. The molecule has 0 saturated heterocycles. The van der Waals surface area contributed by atoms with E-state index in [1.807, 2.05) is 12.1 Å². The molecule has 0 fully saturated rings. The van der Waals surface area contributed by atoms with E-state index in [0.717, 1.165) is 0 Å². The lowest BCUT2D eigenvalue weighted by Gasteiger charge is -2.17. The van der Waals surface area contributed by atoms with Crippen molar-refractivity contribution < 1.29 is 13.9 Å². The third-order valence-corrected chi connectivity index (χ3v) is 3.92. The van der Waals surface area contributed by atoms with E-state index in [2.05, 4.69) is 10.4 Å². The summed E-state index contributed by atoms with van der Waals surface area (Å²) in [4.78, 5) is 12.7. The minimum Gasteiger partial charge on any atom is -0.494 e. The van der Waals surface area contributed by atoms with Gasteiger partial charge in [0.1, 0.15) is 0 Å². The van der Waals surface area contributed by atoms with Crippen LogP contribution in [0.15, 0.2) is 60.9 Å². The Morgan fingerprint density at radius 3 is 2.72 bits per heavy atom. The number of amides is 1. The monoisotopic (exact) mass is 339 g/mol. The third kappa shape index (κ3) is 3.52. The SMILES string of the molecule is COc1ccc(C(C)NC(=O)c2ccccc2-n2cccn2)cc1F. The van der Waals surface area contributed by atoms with Crippen molar-refractivity contribution >= 4 is 5.91 Å². The normalized spacial score (nSPS) is 11.8. The predicted molar refractivity (Wildman–Crippen MR) is 92.4 cm³/mol. The number of nitrogens with zero attached hydrogens (tertiary/aromatic N) is 2. The van der Waals surface area contributed by atoms with Crippen LogP contribution in [0.3, 0.4) is 0 Å². The Bertz CT molecular complexity index is 878. The molecule has 0 bridgehead atoms. The first kappa shape index (κ1) is 16.7. The lowest BCUT2D eigenvalue weighted by atomic mass is 10.1. The first-order valence-corrected chi connectivity index (χ1v) is 7.83. The van der Waals surface area contributed by atoms with Crippen molar-refractivity contribution in [2.24, 2.45) is 0 Å². The molecule has 25 heavy (non-hydrogen) atoms. The number of para-hydroxylation sites is 1. The summed E-state index contributed by atoms with van der Waals surface area (Å²) < 4.78 is 20.4. The Kier molecular flexibility index (Phi) is 4.79. The van der Waals surface area contributed by atoms with Crippen molar-refractivity contribution in [1.29, 1.82) is 0 Å². The Balaban J connectivity index is 1.82. The average Bonchev–Trinajstić information content (AvgIpc) is 3.16. The van der Waals surface area contributed by atoms with Gasteiger partial charge in [-0.1, -0.05) is 18.2 Å². The van der Waals surface area contributed by atoms with Gasteiger partial charge in [0.2, 0.25) is 0 Å². The van der Waals surface area contributed by atoms with E-state index in [0.29, 0.717) is 16.8 Å². The quantitative estimate of drug-likeness (QED) is 0.774. The highest BCUT2D eigenvalue weighted by Gasteiger charge is 2.16. The molecule has 1 aromatic heterocycles. The predicted octanol–water partition coefficient (Wildman–Crippen LogP) is 3.51. The van der Waals surface area contributed by atoms with Gasteiger partial charge in [0.25, 0.3) is 5.91 Å². The number of halogens is 1. The molecule has 0 aliphatic rings. The van der Waals surface area contributed by atoms with Gasteiger partial charge >= 0.3 is 0 Å². The molecule has 5 nitrogen and oxygen atoms in total. The number of ether oxygens (including phenoxy) is 1. The summed E-state index contributed by atoms with van der Waals surface area (Å²) in [6.07, 6.45) is 3.42. The fraction of sp³-hybridized carbons (Fsp3) is 0.158. The fourth-order valence-electron chi connectivity index (χ4n) is 2.59. The molecule has 3 aromatic rings. The molecule has 1 N–H and O–H groups in total. The van der Waals surface area contributed by atoms with Gasteiger partial charge in [-0.05, 0) is 42.8 Å². The first-order valence-electron chi connectivity index (χ1n) is 7.83. The van der Waals surface area contributed by atoms with E-state index in [1.54, 1.807) is 54.3 Å². The number of nitrogens with one attached hydrogen (secondary N) is 1. The van der Waals surface area contributed by atoms with Gasteiger partial charge in [0.15, 0.2) is 11.6 Å². The van der Waals surface area contributed by atoms with Crippen molar-refractivity contribution in [3.05, 3.63) is 77.9 Å². The number of carbonyl (C=O) groups is 1. The molecule has 1 atom stereocenters. The molecule has 0 saturated carbocycles. The minimum atomic E-state index is -0.460. The molecular formula is C19H18FN3O2. The van der Waals surface area contributed by atoms with E-state index in [1.165, 1.54) is 13.2 Å². The molecule has 1 amide bonds. The molecule has 1 heterocycles. The van der Waals surface area contributed by atoms with Crippen LogP contribution in [0.4, 0.5) is 4.39 Å². The average molecular weight is 339 g/mol. The van der Waals surface area contributed by atoms with Gasteiger partial charge in [0.05, 0.1) is 24.4 Å². The topological polar surface area (TPSA) is 56.1 Å².